The summed E-state index contributed by atoms with van der Waals surface area (Å²) < 4.78 is 52.0. The van der Waals surface area contributed by atoms with Crippen LogP contribution in [0.15, 0.2) is 23.3 Å². The highest BCUT2D eigenvalue weighted by Gasteiger charge is 2.62. The van der Waals surface area contributed by atoms with Crippen LogP contribution in [0.1, 0.15) is 32.6 Å². The Kier molecular flexibility index (Phi) is 4.06. The molecule has 4 rings (SSSR count). The molecular weight excluding hydrogens is 381 g/mol. The predicted molar refractivity (Wildman–Crippen MR) is 85.0 cm³/mol. The van der Waals surface area contributed by atoms with Crippen LogP contribution in [0.3, 0.4) is 0 Å². The van der Waals surface area contributed by atoms with Crippen LogP contribution < -0.4 is 0 Å². The van der Waals surface area contributed by atoms with Crippen LogP contribution in [-0.2, 0) is 28.7 Å². The van der Waals surface area contributed by atoms with Gasteiger partial charge in [0.1, 0.15) is 0 Å². The average molecular weight is 398 g/mol. The molecule has 9 heteroatoms. The highest BCUT2D eigenvalue weighted by molar-refractivity contribution is 6.18. The van der Waals surface area contributed by atoms with Gasteiger partial charge in [-0.1, -0.05) is 19.1 Å². The molecule has 0 spiro atoms. The van der Waals surface area contributed by atoms with E-state index in [0.29, 0.717) is 0 Å². The second kappa shape index (κ2) is 6.02. The summed E-state index contributed by atoms with van der Waals surface area (Å²) in [5.74, 6) is -6.81. The molecule has 150 valence electrons. The zero-order valence-electron chi connectivity index (χ0n) is 14.9. The van der Waals surface area contributed by atoms with Gasteiger partial charge in [-0.15, -0.1) is 0 Å². The molecule has 0 aromatic carbocycles. The fourth-order valence-electron chi connectivity index (χ4n) is 4.95. The lowest BCUT2D eigenvalue weighted by molar-refractivity contribution is -0.255. The number of hydrogen-bond acceptors (Lipinski definition) is 6. The Morgan fingerprint density at radius 2 is 1.57 bits per heavy atom. The van der Waals surface area contributed by atoms with Crippen molar-refractivity contribution in [2.45, 2.75) is 38.8 Å². The Hall–Kier alpha value is -2.45. The van der Waals surface area contributed by atoms with Crippen molar-refractivity contribution in [1.29, 1.82) is 0 Å². The van der Waals surface area contributed by atoms with E-state index in [1.165, 1.54) is 12.2 Å². The number of allylic oxidation sites excluding steroid dienone is 2. The van der Waals surface area contributed by atoms with E-state index in [1.807, 2.05) is 0 Å². The van der Waals surface area contributed by atoms with E-state index < -0.39 is 59.1 Å². The summed E-state index contributed by atoms with van der Waals surface area (Å²) in [6.07, 6.45) is -2.06. The first-order valence-electron chi connectivity index (χ1n) is 9.05. The molecule has 28 heavy (non-hydrogen) atoms. The molecule has 0 aromatic heterocycles. The number of esters is 4. The minimum absolute atomic E-state index is 0.000509. The number of fused-ring (bicyclic) bond motifs is 2. The molecule has 0 amide bonds. The van der Waals surface area contributed by atoms with Crippen molar-refractivity contribution in [3.63, 3.8) is 0 Å². The van der Waals surface area contributed by atoms with Gasteiger partial charge in [0.2, 0.25) is 0 Å². The Labute approximate surface area is 157 Å². The van der Waals surface area contributed by atoms with Gasteiger partial charge in [-0.2, -0.15) is 13.2 Å². The molecule has 0 radical (unpaired) electrons. The maximum Gasteiger partial charge on any atom is 0.395 e. The summed E-state index contributed by atoms with van der Waals surface area (Å²) in [5.41, 5.74) is -2.38. The number of rotatable bonds is 2. The number of carbonyl (C=O) groups excluding carboxylic acids is 4. The quantitative estimate of drug-likeness (QED) is 0.525. The van der Waals surface area contributed by atoms with Crippen LogP contribution in [0.4, 0.5) is 13.2 Å². The Morgan fingerprint density at radius 3 is 2.25 bits per heavy atom. The van der Waals surface area contributed by atoms with Crippen molar-refractivity contribution < 1.29 is 41.8 Å². The molecule has 5 unspecified atom stereocenters. The summed E-state index contributed by atoms with van der Waals surface area (Å²) in [6, 6.07) is 0. The van der Waals surface area contributed by atoms with Crippen molar-refractivity contribution in [3.05, 3.63) is 23.3 Å². The van der Waals surface area contributed by atoms with E-state index in [2.05, 4.69) is 9.47 Å². The van der Waals surface area contributed by atoms with Gasteiger partial charge in [-0.05, 0) is 37.5 Å². The van der Waals surface area contributed by atoms with E-state index in [0.717, 1.165) is 6.92 Å². The summed E-state index contributed by atoms with van der Waals surface area (Å²) >= 11 is 0. The van der Waals surface area contributed by atoms with Gasteiger partial charge in [0, 0.05) is 0 Å². The van der Waals surface area contributed by atoms with Crippen LogP contribution in [0.5, 0.6) is 0 Å². The standard InChI is InChI=1S/C19H17F3O6/c1-18(19(20,21)22,8-2-4-10-12(6-8)16(25)27-14(10)23)9-3-5-11-13(7-9)17(26)28-15(11)24/h4,6,8-9,11,13H,2-3,5,7H2,1H3. The highest BCUT2D eigenvalue weighted by atomic mass is 19.4. The fourth-order valence-corrected chi connectivity index (χ4v) is 4.95. The number of carbonyl (C=O) groups is 4. The van der Waals surface area contributed by atoms with Crippen LogP contribution in [0.2, 0.25) is 0 Å². The van der Waals surface area contributed by atoms with Crippen molar-refractivity contribution >= 4 is 23.9 Å². The zero-order chi connectivity index (χ0) is 20.4. The number of hydrogen-bond donors (Lipinski definition) is 0. The molecule has 2 saturated heterocycles. The van der Waals surface area contributed by atoms with Gasteiger partial charge >= 0.3 is 30.1 Å². The van der Waals surface area contributed by atoms with E-state index in [-0.39, 0.29) is 36.8 Å². The molecule has 2 aliphatic carbocycles. The second-order valence-electron chi connectivity index (χ2n) is 7.96. The average Bonchev–Trinajstić information content (AvgIpc) is 3.08. The molecule has 2 aliphatic heterocycles. The second-order valence-corrected chi connectivity index (χ2v) is 7.96. The number of halogens is 3. The first-order valence-corrected chi connectivity index (χ1v) is 9.05. The maximum atomic E-state index is 14.3. The molecule has 4 aliphatic rings. The molecule has 1 saturated carbocycles. The lowest BCUT2D eigenvalue weighted by Gasteiger charge is -2.47. The third kappa shape index (κ3) is 2.55. The van der Waals surface area contributed by atoms with E-state index in [9.17, 15) is 32.3 Å². The predicted octanol–water partition coefficient (Wildman–Crippen LogP) is 2.63. The topological polar surface area (TPSA) is 86.7 Å². The van der Waals surface area contributed by atoms with Gasteiger partial charge in [-0.3, -0.25) is 9.59 Å². The van der Waals surface area contributed by atoms with Gasteiger partial charge in [0.05, 0.1) is 28.4 Å². The summed E-state index contributed by atoms with van der Waals surface area (Å²) in [6.45, 7) is 1.09. The summed E-state index contributed by atoms with van der Waals surface area (Å²) in [4.78, 5) is 47.0. The normalized spacial score (nSPS) is 34.7. The monoisotopic (exact) mass is 398 g/mol. The minimum Gasteiger partial charge on any atom is -0.393 e. The first-order chi connectivity index (χ1) is 13.0. The maximum absolute atomic E-state index is 14.3. The summed E-state index contributed by atoms with van der Waals surface area (Å²) in [7, 11) is 0. The molecule has 3 fully saturated rings. The van der Waals surface area contributed by atoms with Gasteiger partial charge in [-0.25, -0.2) is 9.59 Å². The Morgan fingerprint density at radius 1 is 0.929 bits per heavy atom. The van der Waals surface area contributed by atoms with Crippen LogP contribution in [0, 0.1) is 29.1 Å². The molecular formula is C19H17F3O6. The SMILES string of the molecule is CC(C1C=C2C(=O)OC(=O)C2=CC1)(C1CCC2C(=O)OC(=O)C2C1)C(F)(F)F. The molecule has 0 N–H and O–H groups in total. The molecule has 2 heterocycles. The fraction of sp³-hybridized carbons (Fsp3) is 0.579. The van der Waals surface area contributed by atoms with E-state index >= 15 is 0 Å². The van der Waals surface area contributed by atoms with E-state index in [1.54, 1.807) is 0 Å². The van der Waals surface area contributed by atoms with Crippen LogP contribution in [-0.4, -0.2) is 30.1 Å². The largest absolute Gasteiger partial charge is 0.395 e. The van der Waals surface area contributed by atoms with Crippen molar-refractivity contribution in [3.8, 4) is 0 Å². The summed E-state index contributed by atoms with van der Waals surface area (Å²) in [5, 5.41) is 0. The third-order valence-electron chi connectivity index (χ3n) is 6.75. The van der Waals surface area contributed by atoms with Crippen molar-refractivity contribution in [2.24, 2.45) is 29.1 Å². The number of cyclic esters (lactones) is 4. The first kappa shape index (κ1) is 18.9. The van der Waals surface area contributed by atoms with Gasteiger partial charge < -0.3 is 9.47 Å². The molecule has 0 bridgehead atoms. The Balaban J connectivity index is 1.68. The molecule has 6 nitrogen and oxygen atoms in total. The highest BCUT2D eigenvalue weighted by Crippen LogP contribution is 2.58. The van der Waals surface area contributed by atoms with Gasteiger partial charge in [0.25, 0.3) is 0 Å². The minimum atomic E-state index is -4.63. The van der Waals surface area contributed by atoms with Crippen LogP contribution >= 0.6 is 0 Å². The zero-order valence-corrected chi connectivity index (χ0v) is 14.9. The number of ether oxygens (including phenoxy) is 2. The van der Waals surface area contributed by atoms with Gasteiger partial charge in [0.15, 0.2) is 0 Å². The number of alkyl halides is 3. The van der Waals surface area contributed by atoms with Crippen molar-refractivity contribution in [1.82, 2.24) is 0 Å². The molecule has 0 aromatic rings. The van der Waals surface area contributed by atoms with E-state index in [4.69, 9.17) is 0 Å². The Bertz CT molecular complexity index is 854. The van der Waals surface area contributed by atoms with Crippen molar-refractivity contribution in [2.75, 3.05) is 0 Å². The lowest BCUT2D eigenvalue weighted by atomic mass is 9.58. The van der Waals surface area contributed by atoms with Crippen LogP contribution in [0.25, 0.3) is 0 Å². The molecule has 5 atom stereocenters. The smallest absolute Gasteiger partial charge is 0.393 e. The lowest BCUT2D eigenvalue weighted by Crippen LogP contribution is -2.50. The third-order valence-corrected chi connectivity index (χ3v) is 6.75.